The van der Waals surface area contributed by atoms with Gasteiger partial charge in [0.15, 0.2) is 0 Å². The predicted molar refractivity (Wildman–Crippen MR) is 71.0 cm³/mol. The van der Waals surface area contributed by atoms with Gasteiger partial charge < -0.3 is 15.5 Å². The molecule has 0 aromatic heterocycles. The zero-order chi connectivity index (χ0) is 12.7. The summed E-state index contributed by atoms with van der Waals surface area (Å²) in [7, 11) is 2.14. The summed E-state index contributed by atoms with van der Waals surface area (Å²) in [6.45, 7) is 6.79. The third-order valence-corrected chi connectivity index (χ3v) is 3.27. The molecule has 0 aliphatic heterocycles. The lowest BCUT2D eigenvalue weighted by Gasteiger charge is -2.20. The number of amides is 1. The Hall–Kier alpha value is -0.610. The zero-order valence-electron chi connectivity index (χ0n) is 11.5. The minimum atomic E-state index is 0.133. The van der Waals surface area contributed by atoms with Crippen LogP contribution in [0.2, 0.25) is 0 Å². The van der Waals surface area contributed by atoms with Gasteiger partial charge in [-0.15, -0.1) is 0 Å². The van der Waals surface area contributed by atoms with Crippen LogP contribution in [0.5, 0.6) is 0 Å². The van der Waals surface area contributed by atoms with Crippen molar-refractivity contribution in [3.05, 3.63) is 0 Å². The molecule has 1 aliphatic rings. The molecule has 17 heavy (non-hydrogen) atoms. The van der Waals surface area contributed by atoms with E-state index >= 15 is 0 Å². The Kier molecular flexibility index (Phi) is 6.52. The average molecular weight is 241 g/mol. The molecule has 0 atom stereocenters. The summed E-state index contributed by atoms with van der Waals surface area (Å²) in [6.07, 6.45) is 4.67. The van der Waals surface area contributed by atoms with Crippen molar-refractivity contribution in [2.45, 2.75) is 51.6 Å². The van der Waals surface area contributed by atoms with Crippen LogP contribution in [0.3, 0.4) is 0 Å². The Morgan fingerprint density at radius 3 is 2.65 bits per heavy atom. The summed E-state index contributed by atoms with van der Waals surface area (Å²) in [5, 5.41) is 6.16. The summed E-state index contributed by atoms with van der Waals surface area (Å²) < 4.78 is 0. The van der Waals surface area contributed by atoms with Crippen molar-refractivity contribution < 1.29 is 4.79 Å². The molecule has 1 saturated carbocycles. The molecule has 0 radical (unpaired) electrons. The second-order valence-corrected chi connectivity index (χ2v) is 5.29. The largest absolute Gasteiger partial charge is 0.355 e. The molecule has 0 aromatic rings. The van der Waals surface area contributed by atoms with Crippen LogP contribution < -0.4 is 10.6 Å². The molecule has 1 rings (SSSR count). The van der Waals surface area contributed by atoms with Gasteiger partial charge in [0.1, 0.15) is 0 Å². The number of nitrogens with one attached hydrogen (secondary N) is 2. The first kappa shape index (κ1) is 14.5. The normalized spacial score (nSPS) is 15.6. The van der Waals surface area contributed by atoms with Gasteiger partial charge in [0.2, 0.25) is 5.91 Å². The summed E-state index contributed by atoms with van der Waals surface area (Å²) in [6, 6.07) is 1.22. The fourth-order valence-electron chi connectivity index (χ4n) is 1.56. The molecular weight excluding hydrogens is 214 g/mol. The summed E-state index contributed by atoms with van der Waals surface area (Å²) in [5.74, 6) is 0.133. The lowest BCUT2D eigenvalue weighted by molar-refractivity contribution is -0.120. The number of carbonyl (C=O) groups excluding carboxylic acids is 1. The second kappa shape index (κ2) is 7.67. The first-order valence-corrected chi connectivity index (χ1v) is 6.80. The van der Waals surface area contributed by atoms with Crippen molar-refractivity contribution in [2.24, 2.45) is 0 Å². The van der Waals surface area contributed by atoms with Gasteiger partial charge in [0, 0.05) is 18.6 Å². The predicted octanol–water partition coefficient (Wildman–Crippen LogP) is 0.975. The summed E-state index contributed by atoms with van der Waals surface area (Å²) in [5.41, 5.74) is 0. The molecule has 0 unspecified atom stereocenters. The average Bonchev–Trinajstić information content (AvgIpc) is 3.09. The van der Waals surface area contributed by atoms with Crippen LogP contribution in [0.25, 0.3) is 0 Å². The van der Waals surface area contributed by atoms with Gasteiger partial charge in [-0.1, -0.05) is 0 Å². The highest BCUT2D eigenvalue weighted by Gasteiger charge is 2.20. The zero-order valence-corrected chi connectivity index (χ0v) is 11.5. The minimum Gasteiger partial charge on any atom is -0.355 e. The van der Waals surface area contributed by atoms with Crippen molar-refractivity contribution in [1.82, 2.24) is 15.5 Å². The molecule has 100 valence electrons. The van der Waals surface area contributed by atoms with Crippen molar-refractivity contribution in [1.29, 1.82) is 0 Å². The van der Waals surface area contributed by atoms with E-state index in [2.05, 4.69) is 36.4 Å². The Bertz CT molecular complexity index is 227. The van der Waals surface area contributed by atoms with Gasteiger partial charge in [-0.05, 0) is 53.1 Å². The number of nitrogens with zero attached hydrogens (tertiary/aromatic N) is 1. The molecular formula is C13H27N3O. The van der Waals surface area contributed by atoms with Gasteiger partial charge in [-0.3, -0.25) is 4.79 Å². The van der Waals surface area contributed by atoms with E-state index < -0.39 is 0 Å². The van der Waals surface area contributed by atoms with E-state index in [1.165, 1.54) is 12.8 Å². The number of rotatable bonds is 9. The third-order valence-electron chi connectivity index (χ3n) is 3.27. The lowest BCUT2D eigenvalue weighted by atomic mass is 10.2. The monoisotopic (exact) mass is 241 g/mol. The third kappa shape index (κ3) is 7.34. The Morgan fingerprint density at radius 2 is 2.06 bits per heavy atom. The number of carbonyl (C=O) groups is 1. The molecule has 1 amide bonds. The van der Waals surface area contributed by atoms with E-state index in [0.29, 0.717) is 18.6 Å². The van der Waals surface area contributed by atoms with Crippen molar-refractivity contribution in [2.75, 3.05) is 26.7 Å². The standard InChI is InChI=1S/C13H27N3O/c1-11(2)16(3)9-5-4-8-14-13(17)10-15-12-6-7-12/h11-12,15H,4-10H2,1-3H3,(H,14,17). The highest BCUT2D eigenvalue weighted by atomic mass is 16.1. The van der Waals surface area contributed by atoms with E-state index in [1.807, 2.05) is 0 Å². The molecule has 0 bridgehead atoms. The molecule has 0 spiro atoms. The van der Waals surface area contributed by atoms with Gasteiger partial charge in [-0.25, -0.2) is 0 Å². The van der Waals surface area contributed by atoms with E-state index in [-0.39, 0.29) is 5.91 Å². The second-order valence-electron chi connectivity index (χ2n) is 5.29. The summed E-state index contributed by atoms with van der Waals surface area (Å²) >= 11 is 0. The van der Waals surface area contributed by atoms with Crippen LogP contribution in [0.1, 0.15) is 39.5 Å². The maximum Gasteiger partial charge on any atom is 0.233 e. The SMILES string of the molecule is CC(C)N(C)CCCCNC(=O)CNC1CC1. The molecule has 4 nitrogen and oxygen atoms in total. The lowest BCUT2D eigenvalue weighted by Crippen LogP contribution is -2.35. The fourth-order valence-corrected chi connectivity index (χ4v) is 1.56. The molecule has 0 aromatic carbocycles. The molecule has 1 aliphatic carbocycles. The minimum absolute atomic E-state index is 0.133. The quantitative estimate of drug-likeness (QED) is 0.591. The smallest absolute Gasteiger partial charge is 0.233 e. The van der Waals surface area contributed by atoms with Crippen LogP contribution in [0.4, 0.5) is 0 Å². The maximum atomic E-state index is 11.4. The van der Waals surface area contributed by atoms with Crippen LogP contribution in [-0.2, 0) is 4.79 Å². The van der Waals surface area contributed by atoms with Crippen LogP contribution >= 0.6 is 0 Å². The van der Waals surface area contributed by atoms with Gasteiger partial charge in [-0.2, -0.15) is 0 Å². The Balaban J connectivity index is 1.87. The van der Waals surface area contributed by atoms with Gasteiger partial charge in [0.25, 0.3) is 0 Å². The van der Waals surface area contributed by atoms with E-state index in [4.69, 9.17) is 0 Å². The highest BCUT2D eigenvalue weighted by molar-refractivity contribution is 5.77. The van der Waals surface area contributed by atoms with E-state index in [9.17, 15) is 4.79 Å². The van der Waals surface area contributed by atoms with Crippen LogP contribution in [-0.4, -0.2) is 49.6 Å². The molecule has 0 saturated heterocycles. The first-order chi connectivity index (χ1) is 8.09. The van der Waals surface area contributed by atoms with Crippen molar-refractivity contribution in [3.63, 3.8) is 0 Å². The fraction of sp³-hybridized carbons (Fsp3) is 0.923. The van der Waals surface area contributed by atoms with Crippen LogP contribution in [0.15, 0.2) is 0 Å². The van der Waals surface area contributed by atoms with E-state index in [0.717, 1.165) is 25.9 Å². The van der Waals surface area contributed by atoms with Crippen LogP contribution in [0, 0.1) is 0 Å². The first-order valence-electron chi connectivity index (χ1n) is 6.80. The molecule has 1 fully saturated rings. The number of hydrogen-bond acceptors (Lipinski definition) is 3. The highest BCUT2D eigenvalue weighted by Crippen LogP contribution is 2.17. The molecule has 0 heterocycles. The Morgan fingerprint density at radius 1 is 1.35 bits per heavy atom. The summed E-state index contributed by atoms with van der Waals surface area (Å²) in [4.78, 5) is 13.7. The topological polar surface area (TPSA) is 44.4 Å². The van der Waals surface area contributed by atoms with Gasteiger partial charge >= 0.3 is 0 Å². The van der Waals surface area contributed by atoms with E-state index in [1.54, 1.807) is 0 Å². The number of hydrogen-bond donors (Lipinski definition) is 2. The molecule has 2 N–H and O–H groups in total. The Labute approximate surface area is 105 Å². The number of unbranched alkanes of at least 4 members (excludes halogenated alkanes) is 1. The molecule has 4 heteroatoms. The van der Waals surface area contributed by atoms with Crippen molar-refractivity contribution >= 4 is 5.91 Å². The van der Waals surface area contributed by atoms with Crippen molar-refractivity contribution in [3.8, 4) is 0 Å². The maximum absolute atomic E-state index is 11.4. The van der Waals surface area contributed by atoms with Gasteiger partial charge in [0.05, 0.1) is 6.54 Å².